The summed E-state index contributed by atoms with van der Waals surface area (Å²) in [6.07, 6.45) is 5.54. The number of para-hydroxylation sites is 1. The third-order valence-corrected chi connectivity index (χ3v) is 4.02. The monoisotopic (exact) mass is 308 g/mol. The summed E-state index contributed by atoms with van der Waals surface area (Å²) in [4.78, 5) is 25.7. The van der Waals surface area contributed by atoms with E-state index in [1.165, 1.54) is 0 Å². The lowest BCUT2D eigenvalue weighted by molar-refractivity contribution is 0.0766. The number of aromatic nitrogens is 3. The van der Waals surface area contributed by atoms with Crippen molar-refractivity contribution in [1.82, 2.24) is 19.9 Å². The van der Waals surface area contributed by atoms with Gasteiger partial charge in [0.05, 0.1) is 12.7 Å². The number of nitrogens with zero attached hydrogens (tertiary/aromatic N) is 3. The number of aromatic amines is 1. The average Bonchev–Trinajstić information content (AvgIpc) is 3.21. The molecule has 6 heteroatoms. The molecule has 6 nitrogen and oxygen atoms in total. The van der Waals surface area contributed by atoms with Gasteiger partial charge in [-0.3, -0.25) is 9.78 Å². The number of nitrogens with one attached hydrogen (secondary N) is 1. The number of ether oxygens (including phenoxy) is 1. The molecule has 1 N–H and O–H groups in total. The van der Waals surface area contributed by atoms with Crippen molar-refractivity contribution in [3.63, 3.8) is 0 Å². The summed E-state index contributed by atoms with van der Waals surface area (Å²) in [6.45, 7) is 1.24. The van der Waals surface area contributed by atoms with E-state index in [4.69, 9.17) is 4.74 Å². The molecule has 1 aliphatic rings. The van der Waals surface area contributed by atoms with E-state index in [1.54, 1.807) is 18.6 Å². The van der Waals surface area contributed by atoms with E-state index >= 15 is 0 Å². The van der Waals surface area contributed by atoms with Crippen LogP contribution in [0.3, 0.4) is 0 Å². The van der Waals surface area contributed by atoms with Gasteiger partial charge in [-0.25, -0.2) is 4.98 Å². The molecule has 4 rings (SSSR count). The first-order chi connectivity index (χ1) is 11.3. The normalized spacial score (nSPS) is 17.6. The fourth-order valence-corrected chi connectivity index (χ4v) is 2.88. The highest BCUT2D eigenvalue weighted by molar-refractivity contribution is 5.98. The molecule has 3 aromatic rings. The van der Waals surface area contributed by atoms with Crippen molar-refractivity contribution in [3.05, 3.63) is 54.6 Å². The fourth-order valence-electron chi connectivity index (χ4n) is 2.88. The SMILES string of the molecule is O=C(c1cc2ccccc2[nH]1)N1CCC(Oc2cnccn2)C1. The van der Waals surface area contributed by atoms with Gasteiger partial charge < -0.3 is 14.6 Å². The number of carbonyl (C=O) groups excluding carboxylic acids is 1. The lowest BCUT2D eigenvalue weighted by Gasteiger charge is -2.16. The molecule has 1 unspecified atom stereocenters. The molecule has 1 atom stereocenters. The van der Waals surface area contributed by atoms with Gasteiger partial charge in [-0.15, -0.1) is 0 Å². The van der Waals surface area contributed by atoms with Crippen molar-refractivity contribution >= 4 is 16.8 Å². The molecule has 0 bridgehead atoms. The Balaban J connectivity index is 1.45. The number of hydrogen-bond acceptors (Lipinski definition) is 4. The van der Waals surface area contributed by atoms with Gasteiger partial charge in [0.25, 0.3) is 5.91 Å². The molecular formula is C17H16N4O2. The number of amides is 1. The van der Waals surface area contributed by atoms with Crippen LogP contribution in [0.1, 0.15) is 16.9 Å². The maximum absolute atomic E-state index is 12.6. The summed E-state index contributed by atoms with van der Waals surface area (Å²) in [5.41, 5.74) is 1.59. The molecule has 1 saturated heterocycles. The maximum Gasteiger partial charge on any atom is 0.270 e. The summed E-state index contributed by atoms with van der Waals surface area (Å²) in [6, 6.07) is 9.77. The van der Waals surface area contributed by atoms with Crippen molar-refractivity contribution in [1.29, 1.82) is 0 Å². The third kappa shape index (κ3) is 2.75. The molecular weight excluding hydrogens is 292 g/mol. The van der Waals surface area contributed by atoms with Gasteiger partial charge in [-0.1, -0.05) is 18.2 Å². The van der Waals surface area contributed by atoms with Crippen LogP contribution >= 0.6 is 0 Å². The van der Waals surface area contributed by atoms with Gasteiger partial charge in [-0.2, -0.15) is 0 Å². The van der Waals surface area contributed by atoms with Gasteiger partial charge in [0.2, 0.25) is 5.88 Å². The van der Waals surface area contributed by atoms with Crippen LogP contribution in [0.25, 0.3) is 10.9 Å². The van der Waals surface area contributed by atoms with E-state index < -0.39 is 0 Å². The van der Waals surface area contributed by atoms with E-state index in [-0.39, 0.29) is 12.0 Å². The highest BCUT2D eigenvalue weighted by atomic mass is 16.5. The summed E-state index contributed by atoms with van der Waals surface area (Å²) in [7, 11) is 0. The van der Waals surface area contributed by atoms with Crippen LogP contribution in [0.5, 0.6) is 5.88 Å². The first kappa shape index (κ1) is 13.8. The van der Waals surface area contributed by atoms with Crippen LogP contribution in [0.2, 0.25) is 0 Å². The van der Waals surface area contributed by atoms with Crippen molar-refractivity contribution in [2.75, 3.05) is 13.1 Å². The molecule has 0 spiro atoms. The van der Waals surface area contributed by atoms with E-state index in [0.717, 1.165) is 17.3 Å². The Morgan fingerprint density at radius 3 is 3.04 bits per heavy atom. The van der Waals surface area contributed by atoms with E-state index in [2.05, 4.69) is 15.0 Å². The minimum atomic E-state index is -0.0416. The fraction of sp³-hybridized carbons (Fsp3) is 0.235. The Kier molecular flexibility index (Phi) is 3.42. The summed E-state index contributed by atoms with van der Waals surface area (Å²) < 4.78 is 5.77. The van der Waals surface area contributed by atoms with E-state index in [1.807, 2.05) is 35.2 Å². The highest BCUT2D eigenvalue weighted by Gasteiger charge is 2.29. The number of rotatable bonds is 3. The summed E-state index contributed by atoms with van der Waals surface area (Å²) in [5.74, 6) is 0.504. The highest BCUT2D eigenvalue weighted by Crippen LogP contribution is 2.20. The molecule has 116 valence electrons. The second-order valence-electron chi connectivity index (χ2n) is 5.59. The second kappa shape index (κ2) is 5.72. The van der Waals surface area contributed by atoms with Gasteiger partial charge in [-0.05, 0) is 12.1 Å². The second-order valence-corrected chi connectivity index (χ2v) is 5.59. The minimum Gasteiger partial charge on any atom is -0.471 e. The molecule has 1 aromatic carbocycles. The Morgan fingerprint density at radius 2 is 2.22 bits per heavy atom. The average molecular weight is 308 g/mol. The van der Waals surface area contributed by atoms with Crippen molar-refractivity contribution < 1.29 is 9.53 Å². The smallest absolute Gasteiger partial charge is 0.270 e. The predicted octanol–water partition coefficient (Wildman–Crippen LogP) is 2.25. The maximum atomic E-state index is 12.6. The molecule has 0 saturated carbocycles. The molecule has 0 radical (unpaired) electrons. The topological polar surface area (TPSA) is 71.1 Å². The number of fused-ring (bicyclic) bond motifs is 1. The molecule has 3 heterocycles. The zero-order chi connectivity index (χ0) is 15.6. The first-order valence-electron chi connectivity index (χ1n) is 7.59. The van der Waals surface area contributed by atoms with Gasteiger partial charge in [0, 0.05) is 36.3 Å². The summed E-state index contributed by atoms with van der Waals surface area (Å²) >= 11 is 0. The van der Waals surface area contributed by atoms with Crippen LogP contribution in [0, 0.1) is 0 Å². The van der Waals surface area contributed by atoms with Gasteiger partial charge in [0.15, 0.2) is 0 Å². The van der Waals surface area contributed by atoms with Crippen molar-refractivity contribution in [3.8, 4) is 5.88 Å². The number of benzene rings is 1. The van der Waals surface area contributed by atoms with Crippen molar-refractivity contribution in [2.45, 2.75) is 12.5 Å². The standard InChI is InChI=1S/C17H16N4O2/c22-17(15-9-12-3-1-2-4-14(12)20-15)21-8-5-13(11-21)23-16-10-18-6-7-19-16/h1-4,6-7,9-10,13,20H,5,8,11H2. The Bertz CT molecular complexity index is 798. The Labute approximate surface area is 133 Å². The number of likely N-dealkylation sites (tertiary alicyclic amines) is 1. The lowest BCUT2D eigenvalue weighted by atomic mass is 10.2. The van der Waals surface area contributed by atoms with Crippen LogP contribution in [0.4, 0.5) is 0 Å². The number of hydrogen-bond donors (Lipinski definition) is 1. The molecule has 0 aliphatic carbocycles. The zero-order valence-corrected chi connectivity index (χ0v) is 12.5. The Hall–Kier alpha value is -2.89. The van der Waals surface area contributed by atoms with E-state index in [9.17, 15) is 4.79 Å². The number of carbonyl (C=O) groups is 1. The minimum absolute atomic E-state index is 0.00597. The Morgan fingerprint density at radius 1 is 1.30 bits per heavy atom. The molecule has 1 aliphatic heterocycles. The van der Waals surface area contributed by atoms with Crippen LogP contribution in [-0.2, 0) is 0 Å². The lowest BCUT2D eigenvalue weighted by Crippen LogP contribution is -2.31. The molecule has 2 aromatic heterocycles. The molecule has 1 amide bonds. The predicted molar refractivity (Wildman–Crippen MR) is 85.3 cm³/mol. The van der Waals surface area contributed by atoms with Crippen LogP contribution < -0.4 is 4.74 Å². The third-order valence-electron chi connectivity index (χ3n) is 4.02. The van der Waals surface area contributed by atoms with Gasteiger partial charge >= 0.3 is 0 Å². The van der Waals surface area contributed by atoms with Gasteiger partial charge in [0.1, 0.15) is 11.8 Å². The summed E-state index contributed by atoms with van der Waals surface area (Å²) in [5, 5.41) is 1.04. The first-order valence-corrected chi connectivity index (χ1v) is 7.59. The quantitative estimate of drug-likeness (QED) is 0.805. The molecule has 1 fully saturated rings. The molecule has 23 heavy (non-hydrogen) atoms. The number of H-pyrrole nitrogens is 1. The largest absolute Gasteiger partial charge is 0.471 e. The van der Waals surface area contributed by atoms with Crippen molar-refractivity contribution in [2.24, 2.45) is 0 Å². The van der Waals surface area contributed by atoms with Crippen LogP contribution in [0.15, 0.2) is 48.9 Å². The zero-order valence-electron chi connectivity index (χ0n) is 12.5. The van der Waals surface area contributed by atoms with Crippen LogP contribution in [-0.4, -0.2) is 45.0 Å². The van der Waals surface area contributed by atoms with E-state index in [0.29, 0.717) is 24.7 Å².